The highest BCUT2D eigenvalue weighted by Crippen LogP contribution is 2.57. The van der Waals surface area contributed by atoms with Gasteiger partial charge >= 0.3 is 0 Å². The number of nitrogens with one attached hydrogen (secondary N) is 1. The lowest BCUT2D eigenvalue weighted by Crippen LogP contribution is -2.28. The summed E-state index contributed by atoms with van der Waals surface area (Å²) in [6.07, 6.45) is 0. The minimum absolute atomic E-state index is 0.420. The Kier molecular flexibility index (Phi) is 5.41. The highest BCUT2D eigenvalue weighted by molar-refractivity contribution is 5.94. The minimum Gasteiger partial charge on any atom is -0.355 e. The summed E-state index contributed by atoms with van der Waals surface area (Å²) < 4.78 is 0. The van der Waals surface area contributed by atoms with Gasteiger partial charge in [-0.2, -0.15) is 0 Å². The first-order chi connectivity index (χ1) is 18.9. The quantitative estimate of drug-likeness (QED) is 0.256. The van der Waals surface area contributed by atoms with Crippen molar-refractivity contribution >= 4 is 11.4 Å². The molecule has 0 bridgehead atoms. The van der Waals surface area contributed by atoms with Crippen molar-refractivity contribution < 1.29 is 0 Å². The minimum atomic E-state index is -0.420. The molecule has 0 saturated carbocycles. The van der Waals surface area contributed by atoms with E-state index in [1.807, 2.05) is 0 Å². The van der Waals surface area contributed by atoms with Crippen LogP contribution in [-0.2, 0) is 5.41 Å². The van der Waals surface area contributed by atoms with Crippen LogP contribution in [-0.4, -0.2) is 0 Å². The number of benzene rings is 6. The second kappa shape index (κ2) is 9.21. The monoisotopic (exact) mass is 485 g/mol. The van der Waals surface area contributed by atoms with Gasteiger partial charge < -0.3 is 5.32 Å². The summed E-state index contributed by atoms with van der Waals surface area (Å²) >= 11 is 0. The fraction of sp³-hybridized carbons (Fsp3) is 0.0270. The largest absolute Gasteiger partial charge is 0.355 e. The van der Waals surface area contributed by atoms with Crippen LogP contribution >= 0.6 is 0 Å². The van der Waals surface area contributed by atoms with Gasteiger partial charge in [-0.3, -0.25) is 0 Å². The van der Waals surface area contributed by atoms with Crippen molar-refractivity contribution in [3.8, 4) is 22.3 Å². The maximum atomic E-state index is 3.77. The highest BCUT2D eigenvalue weighted by atomic mass is 14.9. The van der Waals surface area contributed by atoms with Crippen LogP contribution in [0.2, 0.25) is 0 Å². The molecule has 0 aliphatic heterocycles. The predicted molar refractivity (Wildman–Crippen MR) is 159 cm³/mol. The molecule has 38 heavy (non-hydrogen) atoms. The van der Waals surface area contributed by atoms with Crippen molar-refractivity contribution in [1.29, 1.82) is 0 Å². The van der Waals surface area contributed by atoms with Gasteiger partial charge in [0.1, 0.15) is 0 Å². The van der Waals surface area contributed by atoms with Gasteiger partial charge in [0.2, 0.25) is 0 Å². The van der Waals surface area contributed by atoms with E-state index in [-0.39, 0.29) is 0 Å². The van der Waals surface area contributed by atoms with Crippen LogP contribution < -0.4 is 5.32 Å². The Balaban J connectivity index is 1.59. The Hall–Kier alpha value is -4.88. The molecule has 1 aliphatic carbocycles. The van der Waals surface area contributed by atoms with Crippen LogP contribution in [0.15, 0.2) is 158 Å². The van der Waals surface area contributed by atoms with E-state index in [2.05, 4.69) is 163 Å². The molecule has 7 rings (SSSR count). The standard InChI is InChI=1S/C37H27N/c1-5-15-27(16-6-1)32-25-33-31-23-13-14-24-34(31)37(28-17-7-2-8-18-28,29-19-9-3-10-20-29)35(33)26-36(32)38-30-21-11-4-12-22-30/h1-26,38H. The Morgan fingerprint density at radius 3 is 1.55 bits per heavy atom. The maximum absolute atomic E-state index is 3.77. The van der Waals surface area contributed by atoms with Crippen LogP contribution in [0.25, 0.3) is 22.3 Å². The molecule has 0 amide bonds. The first-order valence-corrected chi connectivity index (χ1v) is 13.1. The summed E-state index contributed by atoms with van der Waals surface area (Å²) in [5.74, 6) is 0. The lowest BCUT2D eigenvalue weighted by Gasteiger charge is -2.34. The van der Waals surface area contributed by atoms with E-state index in [1.165, 1.54) is 44.5 Å². The zero-order valence-corrected chi connectivity index (χ0v) is 21.0. The van der Waals surface area contributed by atoms with Crippen LogP contribution in [0, 0.1) is 0 Å². The Labute approximate surface area is 224 Å². The van der Waals surface area contributed by atoms with Gasteiger partial charge in [0.05, 0.1) is 5.41 Å². The van der Waals surface area contributed by atoms with Crippen LogP contribution in [0.4, 0.5) is 11.4 Å². The molecular weight excluding hydrogens is 458 g/mol. The molecule has 1 heteroatoms. The van der Waals surface area contributed by atoms with Crippen molar-refractivity contribution in [3.05, 3.63) is 180 Å². The van der Waals surface area contributed by atoms with E-state index in [0.717, 1.165) is 11.4 Å². The Morgan fingerprint density at radius 1 is 0.395 bits per heavy atom. The third-order valence-corrected chi connectivity index (χ3v) is 7.73. The molecule has 0 unspecified atom stereocenters. The molecule has 6 aromatic carbocycles. The number of hydrogen-bond acceptors (Lipinski definition) is 1. The lowest BCUT2D eigenvalue weighted by molar-refractivity contribution is 0.769. The number of rotatable bonds is 5. The van der Waals surface area contributed by atoms with E-state index in [0.29, 0.717) is 0 Å². The second-order valence-electron chi connectivity index (χ2n) is 9.83. The fourth-order valence-corrected chi connectivity index (χ4v) is 6.12. The smallest absolute Gasteiger partial charge is 0.0714 e. The second-order valence-corrected chi connectivity index (χ2v) is 9.83. The summed E-state index contributed by atoms with van der Waals surface area (Å²) in [5, 5.41) is 3.77. The highest BCUT2D eigenvalue weighted by Gasteiger charge is 2.46. The molecule has 0 aromatic heterocycles. The van der Waals surface area contributed by atoms with Gasteiger partial charge in [-0.25, -0.2) is 0 Å². The van der Waals surface area contributed by atoms with Gasteiger partial charge in [0.15, 0.2) is 0 Å². The van der Waals surface area contributed by atoms with Crippen LogP contribution in [0.5, 0.6) is 0 Å². The van der Waals surface area contributed by atoms with Gasteiger partial charge in [0, 0.05) is 16.9 Å². The summed E-state index contributed by atoms with van der Waals surface area (Å²) in [4.78, 5) is 0. The van der Waals surface area contributed by atoms with Gasteiger partial charge in [0.25, 0.3) is 0 Å². The molecule has 6 aromatic rings. The maximum Gasteiger partial charge on any atom is 0.0714 e. The summed E-state index contributed by atoms with van der Waals surface area (Å²) in [6, 6.07) is 56.8. The summed E-state index contributed by atoms with van der Waals surface area (Å²) in [6.45, 7) is 0. The van der Waals surface area contributed by atoms with Crippen molar-refractivity contribution in [2.24, 2.45) is 0 Å². The lowest BCUT2D eigenvalue weighted by atomic mass is 9.67. The van der Waals surface area contributed by atoms with Crippen LogP contribution in [0.3, 0.4) is 0 Å². The third-order valence-electron chi connectivity index (χ3n) is 7.73. The Morgan fingerprint density at radius 2 is 0.921 bits per heavy atom. The molecular formula is C37H27N. The number of fused-ring (bicyclic) bond motifs is 3. The van der Waals surface area contributed by atoms with Crippen LogP contribution in [0.1, 0.15) is 22.3 Å². The predicted octanol–water partition coefficient (Wildman–Crippen LogP) is 9.46. The molecule has 0 fully saturated rings. The Bertz CT molecular complexity index is 1670. The van der Waals surface area contributed by atoms with Crippen molar-refractivity contribution in [1.82, 2.24) is 0 Å². The van der Waals surface area contributed by atoms with Crippen molar-refractivity contribution in [2.45, 2.75) is 5.41 Å². The summed E-state index contributed by atoms with van der Waals surface area (Å²) in [7, 11) is 0. The van der Waals surface area contributed by atoms with E-state index in [1.54, 1.807) is 0 Å². The zero-order valence-electron chi connectivity index (χ0n) is 21.0. The van der Waals surface area contributed by atoms with E-state index in [9.17, 15) is 0 Å². The first kappa shape index (κ1) is 22.3. The number of hydrogen-bond donors (Lipinski definition) is 1. The molecule has 1 nitrogen and oxygen atoms in total. The molecule has 1 aliphatic rings. The topological polar surface area (TPSA) is 12.0 Å². The van der Waals surface area contributed by atoms with Gasteiger partial charge in [-0.05, 0) is 63.2 Å². The zero-order chi connectivity index (χ0) is 25.4. The SMILES string of the molecule is c1ccc(Nc2cc3c(cc2-c2ccccc2)-c2ccccc2C3(c2ccccc2)c2ccccc2)cc1. The molecule has 0 heterocycles. The normalized spacial score (nSPS) is 12.9. The fourth-order valence-electron chi connectivity index (χ4n) is 6.12. The molecule has 0 saturated heterocycles. The number of para-hydroxylation sites is 1. The van der Waals surface area contributed by atoms with Crippen molar-refractivity contribution in [3.63, 3.8) is 0 Å². The average molecular weight is 486 g/mol. The van der Waals surface area contributed by atoms with Gasteiger partial charge in [-0.15, -0.1) is 0 Å². The third kappa shape index (κ3) is 3.48. The van der Waals surface area contributed by atoms with E-state index in [4.69, 9.17) is 0 Å². The molecule has 0 radical (unpaired) electrons. The van der Waals surface area contributed by atoms with E-state index < -0.39 is 5.41 Å². The van der Waals surface area contributed by atoms with Gasteiger partial charge in [-0.1, -0.05) is 133 Å². The molecule has 180 valence electrons. The van der Waals surface area contributed by atoms with E-state index >= 15 is 0 Å². The first-order valence-electron chi connectivity index (χ1n) is 13.1. The molecule has 1 N–H and O–H groups in total. The molecule has 0 spiro atoms. The van der Waals surface area contributed by atoms with Crippen molar-refractivity contribution in [2.75, 3.05) is 5.32 Å². The number of anilines is 2. The average Bonchev–Trinajstić information content (AvgIpc) is 3.29. The molecule has 0 atom stereocenters. The summed E-state index contributed by atoms with van der Waals surface area (Å²) in [5.41, 5.74) is 11.9.